The largest absolute Gasteiger partial charge is 0.507 e. The molecule has 196 valence electrons. The lowest BCUT2D eigenvalue weighted by molar-refractivity contribution is -0.285. The molecule has 0 aromatic heterocycles. The van der Waals surface area contributed by atoms with Crippen LogP contribution in [0.2, 0.25) is 0 Å². The molecule has 1 aromatic rings. The van der Waals surface area contributed by atoms with Crippen LogP contribution >= 0.6 is 0 Å². The van der Waals surface area contributed by atoms with E-state index in [-0.39, 0.29) is 36.0 Å². The fraction of sp³-hybridized carbons (Fsp3) is 0.609. The molecule has 1 saturated heterocycles. The lowest BCUT2D eigenvalue weighted by atomic mass is 9.82. The van der Waals surface area contributed by atoms with Crippen molar-refractivity contribution in [1.82, 2.24) is 0 Å². The maximum atomic E-state index is 12.0. The standard InChI is InChI=1S/C23H32O12/c1-4-11(24)16-12(25)6-10(7-13(16)32-3)34-23-22(31)21(30)19(28)15(35-23)8-33-14-5-9(2)17(26)20(29)18(14)27/h4,6-7,9,14-15,17-23,25-31H,1,5,8H2,2-3H3/t9?,14-,15?,17+,18?,19+,20+,21+,22?,23-/m1/s1. The SMILES string of the molecule is C=CC(=O)c1c(O)cc(O[C@@H]2OC(CO[C@@H]3CC(C)[C@H](O)[C@H](O)C3O)[C@H](O)[C@H](O)C2O)cc1OC. The minimum absolute atomic E-state index is 0.0307. The van der Waals surface area contributed by atoms with Crippen LogP contribution in [0.4, 0.5) is 0 Å². The molecule has 1 aliphatic carbocycles. The Morgan fingerprint density at radius 3 is 2.34 bits per heavy atom. The smallest absolute Gasteiger partial charge is 0.229 e. The molecule has 3 rings (SSSR count). The molecule has 4 unspecified atom stereocenters. The molecule has 1 aliphatic heterocycles. The predicted octanol–water partition coefficient (Wildman–Crippen LogP) is -1.54. The van der Waals surface area contributed by atoms with Crippen LogP contribution in [0.5, 0.6) is 17.2 Å². The van der Waals surface area contributed by atoms with E-state index in [4.69, 9.17) is 18.9 Å². The van der Waals surface area contributed by atoms with Crippen molar-refractivity contribution < 1.29 is 59.5 Å². The topological polar surface area (TPSA) is 196 Å². The number of ketones is 1. The highest BCUT2D eigenvalue weighted by Gasteiger charge is 2.47. The highest BCUT2D eigenvalue weighted by molar-refractivity contribution is 6.08. The number of aliphatic hydroxyl groups excluding tert-OH is 6. The van der Waals surface area contributed by atoms with Crippen molar-refractivity contribution in [3.05, 3.63) is 30.4 Å². The number of ether oxygens (including phenoxy) is 4. The fourth-order valence-corrected chi connectivity index (χ4v) is 4.23. The van der Waals surface area contributed by atoms with Crippen molar-refractivity contribution in [3.8, 4) is 17.2 Å². The van der Waals surface area contributed by atoms with Gasteiger partial charge in [0.15, 0.2) is 5.78 Å². The first-order valence-corrected chi connectivity index (χ1v) is 11.1. The molecule has 12 nitrogen and oxygen atoms in total. The Hall–Kier alpha value is -2.29. The first-order valence-electron chi connectivity index (χ1n) is 11.1. The van der Waals surface area contributed by atoms with Gasteiger partial charge in [0.2, 0.25) is 6.29 Å². The summed E-state index contributed by atoms with van der Waals surface area (Å²) in [4.78, 5) is 12.0. The van der Waals surface area contributed by atoms with Crippen LogP contribution in [0.25, 0.3) is 0 Å². The number of carbonyl (C=O) groups excluding carboxylic acids is 1. The molecule has 0 bridgehead atoms. The average Bonchev–Trinajstić information content (AvgIpc) is 2.84. The third-order valence-electron chi connectivity index (χ3n) is 6.37. The zero-order valence-electron chi connectivity index (χ0n) is 19.3. The monoisotopic (exact) mass is 500 g/mol. The zero-order chi connectivity index (χ0) is 26.0. The Morgan fingerprint density at radius 2 is 1.71 bits per heavy atom. The first-order chi connectivity index (χ1) is 16.5. The lowest BCUT2D eigenvalue weighted by Crippen LogP contribution is -2.61. The second-order valence-electron chi connectivity index (χ2n) is 8.78. The minimum Gasteiger partial charge on any atom is -0.507 e. The summed E-state index contributed by atoms with van der Waals surface area (Å²) < 4.78 is 21.9. The van der Waals surface area contributed by atoms with Gasteiger partial charge >= 0.3 is 0 Å². The van der Waals surface area contributed by atoms with Gasteiger partial charge in [-0.2, -0.15) is 0 Å². The molecule has 2 fully saturated rings. The summed E-state index contributed by atoms with van der Waals surface area (Å²) in [5.41, 5.74) is -0.144. The Kier molecular flexibility index (Phi) is 8.72. The van der Waals surface area contributed by atoms with Crippen LogP contribution in [0.1, 0.15) is 23.7 Å². The van der Waals surface area contributed by atoms with Gasteiger partial charge in [-0.3, -0.25) is 4.79 Å². The number of aromatic hydroxyl groups is 1. The number of rotatable bonds is 8. The molecule has 1 aromatic carbocycles. The van der Waals surface area contributed by atoms with Crippen molar-refractivity contribution >= 4 is 5.78 Å². The Balaban J connectivity index is 1.73. The van der Waals surface area contributed by atoms with E-state index in [0.717, 1.165) is 12.1 Å². The Labute approximate surface area is 201 Å². The van der Waals surface area contributed by atoms with Gasteiger partial charge in [0.1, 0.15) is 59.4 Å². The number of allylic oxidation sites excluding steroid dienone is 1. The van der Waals surface area contributed by atoms with E-state index in [9.17, 15) is 40.5 Å². The highest BCUT2D eigenvalue weighted by Crippen LogP contribution is 2.36. The van der Waals surface area contributed by atoms with Gasteiger partial charge in [0.25, 0.3) is 0 Å². The third kappa shape index (κ3) is 5.60. The van der Waals surface area contributed by atoms with Gasteiger partial charge < -0.3 is 54.7 Å². The van der Waals surface area contributed by atoms with E-state index in [0.29, 0.717) is 0 Å². The molecule has 1 saturated carbocycles. The number of methoxy groups -OCH3 is 1. The molecule has 0 amide bonds. The number of phenolic OH excluding ortho intramolecular Hbond substituents is 1. The van der Waals surface area contributed by atoms with E-state index in [2.05, 4.69) is 6.58 Å². The van der Waals surface area contributed by atoms with E-state index < -0.39 is 66.7 Å². The number of carbonyl (C=O) groups is 1. The molecule has 35 heavy (non-hydrogen) atoms. The summed E-state index contributed by atoms with van der Waals surface area (Å²) in [6.45, 7) is 4.71. The van der Waals surface area contributed by atoms with Gasteiger partial charge in [0, 0.05) is 12.1 Å². The lowest BCUT2D eigenvalue weighted by Gasteiger charge is -2.42. The van der Waals surface area contributed by atoms with E-state index in [1.165, 1.54) is 13.2 Å². The Morgan fingerprint density at radius 1 is 1.06 bits per heavy atom. The zero-order valence-corrected chi connectivity index (χ0v) is 19.3. The molecule has 7 N–H and O–H groups in total. The van der Waals surface area contributed by atoms with Crippen molar-refractivity contribution in [2.75, 3.05) is 13.7 Å². The summed E-state index contributed by atoms with van der Waals surface area (Å²) in [7, 11) is 1.27. The number of hydrogen-bond acceptors (Lipinski definition) is 12. The normalized spacial score (nSPS) is 37.5. The predicted molar refractivity (Wildman–Crippen MR) is 118 cm³/mol. The fourth-order valence-electron chi connectivity index (χ4n) is 4.23. The number of benzene rings is 1. The quantitative estimate of drug-likeness (QED) is 0.161. The molecule has 2 aliphatic rings. The second kappa shape index (κ2) is 11.2. The second-order valence-corrected chi connectivity index (χ2v) is 8.78. The minimum atomic E-state index is -1.69. The van der Waals surface area contributed by atoms with Gasteiger partial charge in [-0.15, -0.1) is 0 Å². The van der Waals surface area contributed by atoms with Gasteiger partial charge in [-0.1, -0.05) is 13.5 Å². The summed E-state index contributed by atoms with van der Waals surface area (Å²) in [6, 6.07) is 2.35. The van der Waals surface area contributed by atoms with Gasteiger partial charge in [-0.25, -0.2) is 0 Å². The summed E-state index contributed by atoms with van der Waals surface area (Å²) in [5, 5.41) is 71.4. The van der Waals surface area contributed by atoms with E-state index in [1.807, 2.05) is 0 Å². The van der Waals surface area contributed by atoms with Crippen LogP contribution in [-0.2, 0) is 9.47 Å². The van der Waals surface area contributed by atoms with E-state index in [1.54, 1.807) is 6.92 Å². The molecular formula is C23H32O12. The molecule has 0 radical (unpaired) electrons. The molecule has 12 heteroatoms. The van der Waals surface area contributed by atoms with Gasteiger partial charge in [0.05, 0.1) is 25.9 Å². The van der Waals surface area contributed by atoms with Crippen LogP contribution in [0.15, 0.2) is 24.8 Å². The van der Waals surface area contributed by atoms with Crippen molar-refractivity contribution in [1.29, 1.82) is 0 Å². The molecule has 0 spiro atoms. The maximum absolute atomic E-state index is 12.0. The number of hydrogen-bond donors (Lipinski definition) is 7. The van der Waals surface area contributed by atoms with Crippen molar-refractivity contribution in [3.63, 3.8) is 0 Å². The molecule has 10 atom stereocenters. The van der Waals surface area contributed by atoms with E-state index >= 15 is 0 Å². The van der Waals surface area contributed by atoms with Gasteiger partial charge in [-0.05, 0) is 18.4 Å². The van der Waals surface area contributed by atoms with Crippen LogP contribution in [0.3, 0.4) is 0 Å². The van der Waals surface area contributed by atoms with Crippen molar-refractivity contribution in [2.24, 2.45) is 5.92 Å². The Bertz CT molecular complexity index is 907. The maximum Gasteiger partial charge on any atom is 0.229 e. The molecular weight excluding hydrogens is 468 g/mol. The molecule has 1 heterocycles. The third-order valence-corrected chi connectivity index (χ3v) is 6.37. The highest BCUT2D eigenvalue weighted by atomic mass is 16.7. The summed E-state index contributed by atoms with van der Waals surface area (Å²) in [5.74, 6) is -1.53. The van der Waals surface area contributed by atoms with Crippen LogP contribution in [0, 0.1) is 5.92 Å². The van der Waals surface area contributed by atoms with Crippen LogP contribution < -0.4 is 9.47 Å². The first kappa shape index (κ1) is 27.3. The van der Waals surface area contributed by atoms with Crippen LogP contribution in [-0.4, -0.2) is 110 Å². The summed E-state index contributed by atoms with van der Waals surface area (Å²) >= 11 is 0. The summed E-state index contributed by atoms with van der Waals surface area (Å²) in [6.07, 6.45) is -11.2. The average molecular weight is 500 g/mol. The number of phenols is 1. The van der Waals surface area contributed by atoms with Crippen molar-refractivity contribution in [2.45, 2.75) is 68.5 Å². The number of aliphatic hydroxyl groups is 6.